The summed E-state index contributed by atoms with van der Waals surface area (Å²) in [5, 5.41) is 8.27. The zero-order valence-electron chi connectivity index (χ0n) is 24.0. The van der Waals surface area contributed by atoms with Crippen molar-refractivity contribution in [2.75, 3.05) is 18.8 Å². The molecule has 3 rings (SSSR count). The maximum atomic E-state index is 12.2. The molecule has 3 aromatic rings. The molecule has 20 heteroatoms. The molecule has 0 spiro atoms. The van der Waals surface area contributed by atoms with Crippen molar-refractivity contribution in [1.29, 1.82) is 5.26 Å². The molecule has 3 aromatic heterocycles. The predicted octanol–water partition coefficient (Wildman–Crippen LogP) is 5.15. The predicted molar refractivity (Wildman–Crippen MR) is 154 cm³/mol. The Hall–Kier alpha value is -1.75. The number of rotatable bonds is 5. The van der Waals surface area contributed by atoms with Gasteiger partial charge >= 0.3 is 48.1 Å². The first-order valence-corrected chi connectivity index (χ1v) is 16.3. The van der Waals surface area contributed by atoms with Crippen molar-refractivity contribution in [1.82, 2.24) is 15.0 Å². The second-order valence-electron chi connectivity index (χ2n) is 8.01. The van der Waals surface area contributed by atoms with Crippen LogP contribution in [-0.2, 0) is 58.3 Å². The van der Waals surface area contributed by atoms with Gasteiger partial charge in [-0.1, -0.05) is 18.2 Å². The SMILES string of the molecule is CS(=O)(Cc1ccc(C(F)(F)F)nc1)=NC#N.CSCc1ccc(C(F)(F)F)nc1.C[S-].FC(F)(F)c1ccc(CCl)cn1.[Na+]. The summed E-state index contributed by atoms with van der Waals surface area (Å²) < 4.78 is 123. The number of nitrogens with zero attached hydrogens (tertiary/aromatic N) is 5. The minimum Gasteiger partial charge on any atom is -0.796 e. The van der Waals surface area contributed by atoms with E-state index in [1.54, 1.807) is 18.0 Å². The molecule has 1 unspecified atom stereocenters. The maximum Gasteiger partial charge on any atom is 1.00 e. The van der Waals surface area contributed by atoms with Crippen LogP contribution in [0, 0.1) is 11.5 Å². The molecule has 3 heterocycles. The molecule has 0 radical (unpaired) electrons. The van der Waals surface area contributed by atoms with Gasteiger partial charge in [0.2, 0.25) is 6.19 Å². The van der Waals surface area contributed by atoms with E-state index < -0.39 is 45.3 Å². The molecule has 0 bridgehead atoms. The smallest absolute Gasteiger partial charge is 0.796 e. The molecule has 45 heavy (non-hydrogen) atoms. The fraction of sp³-hybridized carbons (Fsp3) is 0.360. The average molecular weight is 736 g/mol. The van der Waals surface area contributed by atoms with Gasteiger partial charge in [0.1, 0.15) is 17.1 Å². The van der Waals surface area contributed by atoms with E-state index in [4.69, 9.17) is 16.9 Å². The molecule has 1 atom stereocenters. The first-order valence-electron chi connectivity index (χ1n) is 11.4. The minimum absolute atomic E-state index is 0. The molecule has 0 saturated carbocycles. The number of nitriles is 1. The summed E-state index contributed by atoms with van der Waals surface area (Å²) >= 11 is 11.0. The standard InChI is InChI=1S/C9H8F3N3OS.C8H8F3NS.C7H5ClF3N.CH4S.Na/c1-17(16,15-6-13)5-7-2-3-8(14-4-7)9(10,11)12;1-13-5-6-2-3-7(12-4-6)8(9,10)11;8-3-5-1-2-6(12-4-5)7(9,10)11;1-2;/h2-4H,5H2,1H3;2-4H,5H2,1H3;1-2,4H,3H2;2H,1H3;/q;;;;+1/p-1. The zero-order valence-corrected chi connectivity index (χ0v) is 29.2. The first-order chi connectivity index (χ1) is 20.3. The largest absolute Gasteiger partial charge is 1.00 e. The number of hydrogen-bond donors (Lipinski definition) is 0. The van der Waals surface area contributed by atoms with Gasteiger partial charge in [-0.15, -0.1) is 16.0 Å². The Morgan fingerprint density at radius 1 is 0.800 bits per heavy atom. The van der Waals surface area contributed by atoms with Crippen molar-refractivity contribution >= 4 is 45.7 Å². The van der Waals surface area contributed by atoms with Crippen molar-refractivity contribution in [3.63, 3.8) is 0 Å². The third kappa shape index (κ3) is 18.9. The van der Waals surface area contributed by atoms with E-state index >= 15 is 0 Å². The molecule has 6 nitrogen and oxygen atoms in total. The molecule has 0 aromatic carbocycles. The van der Waals surface area contributed by atoms with Crippen molar-refractivity contribution in [2.45, 2.75) is 35.9 Å². The molecule has 0 aliphatic rings. The Bertz CT molecular complexity index is 1430. The molecule has 0 amide bonds. The summed E-state index contributed by atoms with van der Waals surface area (Å²) in [6.45, 7) is 0. The van der Waals surface area contributed by atoms with Crippen LogP contribution in [0.3, 0.4) is 0 Å². The molecule has 0 aliphatic heterocycles. The van der Waals surface area contributed by atoms with Crippen molar-refractivity contribution in [3.8, 4) is 6.19 Å². The van der Waals surface area contributed by atoms with E-state index in [1.807, 2.05) is 6.26 Å². The number of thioether (sulfide) groups is 1. The van der Waals surface area contributed by atoms with E-state index in [0.717, 1.165) is 36.2 Å². The zero-order chi connectivity index (χ0) is 34.2. The van der Waals surface area contributed by atoms with Gasteiger partial charge < -0.3 is 12.6 Å². The number of aromatic nitrogens is 3. The topological polar surface area (TPSA) is 91.9 Å². The summed E-state index contributed by atoms with van der Waals surface area (Å²) in [6.07, 6.45) is -3.69. The second-order valence-corrected chi connectivity index (χ2v) is 11.5. The number of pyridine rings is 3. The van der Waals surface area contributed by atoms with Crippen LogP contribution in [0.25, 0.3) is 0 Å². The molecular formula is C25H24ClF9N5NaOS3. The first kappa shape index (κ1) is 45.4. The van der Waals surface area contributed by atoms with Crippen LogP contribution in [-0.4, -0.2) is 37.9 Å². The number of halogens is 10. The number of alkyl halides is 10. The normalized spacial score (nSPS) is 12.2. The third-order valence-electron chi connectivity index (χ3n) is 4.48. The van der Waals surface area contributed by atoms with Gasteiger partial charge in [-0.25, -0.2) is 4.21 Å². The maximum absolute atomic E-state index is 12.2. The van der Waals surface area contributed by atoms with Crippen LogP contribution in [0.5, 0.6) is 0 Å². The van der Waals surface area contributed by atoms with Crippen molar-refractivity contribution in [2.24, 2.45) is 4.36 Å². The Kier molecular flexibility index (Phi) is 21.4. The molecule has 0 fully saturated rings. The van der Waals surface area contributed by atoms with Crippen LogP contribution in [0.4, 0.5) is 39.5 Å². The molecule has 0 N–H and O–H groups in total. The van der Waals surface area contributed by atoms with Gasteiger partial charge in [0.05, 0.1) is 15.5 Å². The minimum atomic E-state index is -4.50. The Balaban J connectivity index is 0. The fourth-order valence-corrected chi connectivity index (χ4v) is 4.31. The van der Waals surface area contributed by atoms with Crippen LogP contribution in [0.15, 0.2) is 59.4 Å². The summed E-state index contributed by atoms with van der Waals surface area (Å²) in [6, 6.07) is 6.65. The Morgan fingerprint density at radius 2 is 1.16 bits per heavy atom. The van der Waals surface area contributed by atoms with Crippen LogP contribution < -0.4 is 29.6 Å². The van der Waals surface area contributed by atoms with E-state index in [1.165, 1.54) is 36.8 Å². The van der Waals surface area contributed by atoms with E-state index in [2.05, 4.69) is 31.9 Å². The summed E-state index contributed by atoms with van der Waals surface area (Å²) in [4.78, 5) is 9.76. The Morgan fingerprint density at radius 3 is 1.42 bits per heavy atom. The van der Waals surface area contributed by atoms with Gasteiger partial charge in [0.25, 0.3) is 0 Å². The van der Waals surface area contributed by atoms with E-state index in [0.29, 0.717) is 16.9 Å². The molecular weight excluding hydrogens is 712 g/mol. The van der Waals surface area contributed by atoms with Gasteiger partial charge in [-0.2, -0.15) is 62.8 Å². The monoisotopic (exact) mass is 735 g/mol. The molecule has 0 saturated heterocycles. The fourth-order valence-electron chi connectivity index (χ4n) is 2.62. The summed E-state index contributed by atoms with van der Waals surface area (Å²) in [5.41, 5.74) is -1.02. The second kappa shape index (κ2) is 21.2. The van der Waals surface area contributed by atoms with Crippen LogP contribution >= 0.6 is 23.4 Å². The van der Waals surface area contributed by atoms with Crippen molar-refractivity contribution in [3.05, 3.63) is 88.8 Å². The van der Waals surface area contributed by atoms with Gasteiger partial charge in [0, 0.05) is 36.5 Å². The van der Waals surface area contributed by atoms with Gasteiger partial charge in [-0.3, -0.25) is 15.0 Å². The molecule has 0 aliphatic carbocycles. The van der Waals surface area contributed by atoms with Gasteiger partial charge in [0.15, 0.2) is 0 Å². The van der Waals surface area contributed by atoms with Crippen molar-refractivity contribution < 1.29 is 73.3 Å². The summed E-state index contributed by atoms with van der Waals surface area (Å²) in [5.74, 6) is 0.752. The number of hydrogen-bond acceptors (Lipinski definition) is 8. The summed E-state index contributed by atoms with van der Waals surface area (Å²) in [7, 11) is -2.74. The third-order valence-corrected chi connectivity index (χ3v) is 6.75. The Labute approximate surface area is 291 Å². The molecule has 244 valence electrons. The quantitative estimate of drug-likeness (QED) is 0.118. The average Bonchev–Trinajstić information content (AvgIpc) is 2.94. The van der Waals surface area contributed by atoms with Crippen LogP contribution in [0.1, 0.15) is 33.8 Å². The van der Waals surface area contributed by atoms with E-state index in [9.17, 15) is 43.7 Å². The van der Waals surface area contributed by atoms with Gasteiger partial charge in [-0.05, 0) is 41.1 Å². The van der Waals surface area contributed by atoms with E-state index in [-0.39, 0.29) is 41.2 Å². The van der Waals surface area contributed by atoms with Crippen LogP contribution in [0.2, 0.25) is 0 Å².